The van der Waals surface area contributed by atoms with Crippen LogP contribution in [-0.4, -0.2) is 30.2 Å². The number of hydrogen-bond donors (Lipinski definition) is 1. The highest BCUT2D eigenvalue weighted by Crippen LogP contribution is 2.30. The van der Waals surface area contributed by atoms with Crippen LogP contribution in [0.2, 0.25) is 0 Å². The molecule has 200 valence electrons. The maximum Gasteiger partial charge on any atom is 0.427 e. The molecule has 0 saturated carbocycles. The van der Waals surface area contributed by atoms with Gasteiger partial charge in [0.15, 0.2) is 0 Å². The van der Waals surface area contributed by atoms with Gasteiger partial charge in [-0.15, -0.1) is 11.3 Å². The first kappa shape index (κ1) is 27.6. The molecule has 1 N–H and O–H groups in total. The number of nitrogens with zero attached hydrogens (tertiary/aromatic N) is 1. The molecule has 0 aliphatic rings. The van der Waals surface area contributed by atoms with Gasteiger partial charge in [0.1, 0.15) is 5.60 Å². The molecule has 0 spiro atoms. The van der Waals surface area contributed by atoms with Crippen molar-refractivity contribution >= 4 is 35.0 Å². The second-order valence-corrected chi connectivity index (χ2v) is 10.6. The topological polar surface area (TPSA) is 84.9 Å². The molecule has 4 rings (SSSR count). The summed E-state index contributed by atoms with van der Waals surface area (Å²) in [5, 5.41) is 3.16. The van der Waals surface area contributed by atoms with Gasteiger partial charge in [0.05, 0.1) is 17.9 Å². The molecule has 3 aromatic carbocycles. The van der Waals surface area contributed by atoms with Crippen molar-refractivity contribution in [1.29, 1.82) is 0 Å². The van der Waals surface area contributed by atoms with E-state index in [1.54, 1.807) is 81.5 Å². The largest absolute Gasteiger partial charge is 0.462 e. The molecule has 0 unspecified atom stereocenters. The molecule has 0 radical (unpaired) electrons. The molecule has 0 saturated heterocycles. The summed E-state index contributed by atoms with van der Waals surface area (Å²) in [5.74, 6) is -0.914. The molecule has 2 amide bonds. The smallest absolute Gasteiger partial charge is 0.427 e. The average molecular weight is 543 g/mol. The normalized spacial score (nSPS) is 11.0. The number of nitrogens with one attached hydrogen (secondary N) is 1. The van der Waals surface area contributed by atoms with E-state index in [0.29, 0.717) is 27.9 Å². The van der Waals surface area contributed by atoms with Crippen molar-refractivity contribution in [2.45, 2.75) is 33.3 Å². The Hall–Kier alpha value is -4.43. The van der Waals surface area contributed by atoms with E-state index in [1.807, 2.05) is 47.8 Å². The summed E-state index contributed by atoms with van der Waals surface area (Å²) in [7, 11) is 0. The van der Waals surface area contributed by atoms with E-state index < -0.39 is 23.6 Å². The standard InChI is InChI=1S/C31H30N2O5S/c1-5-37-29(35)26-16-7-6-15-25(26)21-11-8-13-23(19-21)28(34)33(32-30(36)38-31(2,3)4)24-14-9-12-22(20-24)27-17-10-18-39-27/h6-20H,5H2,1-4H3,(H,32,36). The van der Waals surface area contributed by atoms with Gasteiger partial charge in [-0.1, -0.05) is 48.5 Å². The van der Waals surface area contributed by atoms with E-state index in [-0.39, 0.29) is 6.61 Å². The minimum absolute atomic E-state index is 0.252. The Morgan fingerprint density at radius 1 is 0.872 bits per heavy atom. The third-order valence-electron chi connectivity index (χ3n) is 5.56. The first-order chi connectivity index (χ1) is 18.7. The predicted octanol–water partition coefficient (Wildman–Crippen LogP) is 7.35. The fourth-order valence-electron chi connectivity index (χ4n) is 3.94. The average Bonchev–Trinajstić information content (AvgIpc) is 3.46. The summed E-state index contributed by atoms with van der Waals surface area (Å²) in [5.41, 5.74) is 5.24. The van der Waals surface area contributed by atoms with Crippen molar-refractivity contribution in [2.75, 3.05) is 11.6 Å². The van der Waals surface area contributed by atoms with Gasteiger partial charge in [-0.2, -0.15) is 0 Å². The van der Waals surface area contributed by atoms with Crippen molar-refractivity contribution in [1.82, 2.24) is 5.43 Å². The third kappa shape index (κ3) is 6.91. The van der Waals surface area contributed by atoms with Crippen LogP contribution in [0.4, 0.5) is 10.5 Å². The van der Waals surface area contributed by atoms with Gasteiger partial charge < -0.3 is 9.47 Å². The maximum absolute atomic E-state index is 13.9. The lowest BCUT2D eigenvalue weighted by molar-refractivity contribution is 0.0506. The van der Waals surface area contributed by atoms with Gasteiger partial charge in [0.2, 0.25) is 0 Å². The summed E-state index contributed by atoms with van der Waals surface area (Å²) in [6, 6.07) is 25.3. The van der Waals surface area contributed by atoms with E-state index in [1.165, 1.54) is 5.01 Å². The Kier molecular flexibility index (Phi) is 8.46. The molecule has 0 bridgehead atoms. The number of carbonyl (C=O) groups excluding carboxylic acids is 3. The third-order valence-corrected chi connectivity index (χ3v) is 6.48. The van der Waals surface area contributed by atoms with Crippen LogP contribution in [-0.2, 0) is 9.47 Å². The van der Waals surface area contributed by atoms with Crippen LogP contribution in [0.5, 0.6) is 0 Å². The maximum atomic E-state index is 13.9. The Labute approximate surface area is 232 Å². The number of benzene rings is 3. The summed E-state index contributed by atoms with van der Waals surface area (Å²) in [6.07, 6.45) is -0.763. The van der Waals surface area contributed by atoms with Crippen LogP contribution in [0.3, 0.4) is 0 Å². The number of ether oxygens (including phenoxy) is 2. The van der Waals surface area contributed by atoms with Gasteiger partial charge in [-0.05, 0) is 86.2 Å². The van der Waals surface area contributed by atoms with Gasteiger partial charge in [0, 0.05) is 10.4 Å². The van der Waals surface area contributed by atoms with Crippen molar-refractivity contribution < 1.29 is 23.9 Å². The molecule has 7 nitrogen and oxygen atoms in total. The highest BCUT2D eigenvalue weighted by atomic mass is 32.1. The number of amides is 2. The highest BCUT2D eigenvalue weighted by Gasteiger charge is 2.25. The Morgan fingerprint density at radius 2 is 1.62 bits per heavy atom. The summed E-state index contributed by atoms with van der Waals surface area (Å²) in [4.78, 5) is 40.3. The molecule has 1 aromatic heterocycles. The van der Waals surface area contributed by atoms with Crippen LogP contribution in [0.25, 0.3) is 21.6 Å². The first-order valence-electron chi connectivity index (χ1n) is 12.5. The molecule has 39 heavy (non-hydrogen) atoms. The zero-order valence-corrected chi connectivity index (χ0v) is 23.1. The first-order valence-corrected chi connectivity index (χ1v) is 13.4. The van der Waals surface area contributed by atoms with E-state index in [0.717, 1.165) is 10.4 Å². The minimum Gasteiger partial charge on any atom is -0.462 e. The zero-order valence-electron chi connectivity index (χ0n) is 22.3. The zero-order chi connectivity index (χ0) is 28.0. The molecule has 0 fully saturated rings. The van der Waals surface area contributed by atoms with Gasteiger partial charge >= 0.3 is 12.1 Å². The SMILES string of the molecule is CCOC(=O)c1ccccc1-c1cccc(C(=O)N(NC(=O)OC(C)(C)C)c2cccc(-c3cccs3)c2)c1. The fraction of sp³-hybridized carbons (Fsp3) is 0.194. The minimum atomic E-state index is -0.763. The van der Waals surface area contributed by atoms with Gasteiger partial charge in [0.25, 0.3) is 5.91 Å². The summed E-state index contributed by atoms with van der Waals surface area (Å²) >= 11 is 1.58. The van der Waals surface area contributed by atoms with Crippen LogP contribution in [0.1, 0.15) is 48.4 Å². The number of hydrogen-bond acceptors (Lipinski definition) is 6. The van der Waals surface area contributed by atoms with Crippen molar-refractivity contribution in [2.24, 2.45) is 0 Å². The number of carbonyl (C=O) groups is 3. The van der Waals surface area contributed by atoms with E-state index >= 15 is 0 Å². The summed E-state index contributed by atoms with van der Waals surface area (Å²) < 4.78 is 10.7. The van der Waals surface area contributed by atoms with Crippen molar-refractivity contribution in [3.05, 3.63) is 101 Å². The number of anilines is 1. The van der Waals surface area contributed by atoms with Crippen LogP contribution in [0.15, 0.2) is 90.3 Å². The van der Waals surface area contributed by atoms with E-state index in [9.17, 15) is 14.4 Å². The van der Waals surface area contributed by atoms with Crippen molar-refractivity contribution in [3.8, 4) is 21.6 Å². The Balaban J connectivity index is 1.73. The van der Waals surface area contributed by atoms with Gasteiger partial charge in [-0.25, -0.2) is 20.0 Å². The lowest BCUT2D eigenvalue weighted by atomic mass is 9.98. The van der Waals surface area contributed by atoms with Crippen LogP contribution in [0, 0.1) is 0 Å². The molecular formula is C31H30N2O5S. The lowest BCUT2D eigenvalue weighted by Crippen LogP contribution is -2.48. The number of esters is 1. The second kappa shape index (κ2) is 12.0. The molecule has 8 heteroatoms. The second-order valence-electron chi connectivity index (χ2n) is 9.63. The molecule has 0 aliphatic heterocycles. The predicted molar refractivity (Wildman–Crippen MR) is 154 cm³/mol. The monoisotopic (exact) mass is 542 g/mol. The molecule has 0 atom stereocenters. The van der Waals surface area contributed by atoms with E-state index in [2.05, 4.69) is 5.43 Å². The number of rotatable bonds is 6. The summed E-state index contributed by atoms with van der Waals surface area (Å²) in [6.45, 7) is 7.25. The fourth-order valence-corrected chi connectivity index (χ4v) is 4.66. The quantitative estimate of drug-likeness (QED) is 0.203. The van der Waals surface area contributed by atoms with Crippen LogP contribution >= 0.6 is 11.3 Å². The van der Waals surface area contributed by atoms with Crippen LogP contribution < -0.4 is 10.4 Å². The van der Waals surface area contributed by atoms with Gasteiger partial charge in [-0.3, -0.25) is 4.79 Å². The van der Waals surface area contributed by atoms with E-state index in [4.69, 9.17) is 9.47 Å². The molecule has 4 aromatic rings. The Morgan fingerprint density at radius 3 is 2.33 bits per heavy atom. The highest BCUT2D eigenvalue weighted by molar-refractivity contribution is 7.13. The number of hydrazine groups is 1. The molecular weight excluding hydrogens is 512 g/mol. The Bertz CT molecular complexity index is 1470. The number of thiophene rings is 1. The van der Waals surface area contributed by atoms with Crippen molar-refractivity contribution in [3.63, 3.8) is 0 Å². The lowest BCUT2D eigenvalue weighted by Gasteiger charge is -2.26. The molecule has 0 aliphatic carbocycles. The molecule has 1 heterocycles.